The van der Waals surface area contributed by atoms with Crippen LogP contribution in [0.3, 0.4) is 0 Å². The maximum atomic E-state index is 13.4. The average molecular weight is 547 g/mol. The van der Waals surface area contributed by atoms with Crippen LogP contribution in [0.25, 0.3) is 0 Å². The Labute approximate surface area is 229 Å². The highest BCUT2D eigenvalue weighted by Gasteiger charge is 2.30. The maximum Gasteiger partial charge on any atom is 0.474 e. The Morgan fingerprint density at radius 1 is 0.947 bits per heavy atom. The average Bonchev–Trinajstić information content (AvgIpc) is 2.85. The molecule has 1 aliphatic rings. The van der Waals surface area contributed by atoms with Gasteiger partial charge >= 0.3 is 7.82 Å². The van der Waals surface area contributed by atoms with Crippen molar-refractivity contribution in [1.82, 2.24) is 4.90 Å². The summed E-state index contributed by atoms with van der Waals surface area (Å²) in [7, 11) is -3.52. The molecule has 8 heteroatoms. The Kier molecular flexibility index (Phi) is 14.1. The molecule has 0 fully saturated rings. The third-order valence-corrected chi connectivity index (χ3v) is 7.89. The van der Waals surface area contributed by atoms with E-state index in [2.05, 4.69) is 51.2 Å². The topological polar surface area (TPSA) is 77.1 Å². The van der Waals surface area contributed by atoms with E-state index in [-0.39, 0.29) is 31.9 Å². The number of rotatable bonds is 17. The second kappa shape index (κ2) is 16.7. The van der Waals surface area contributed by atoms with Crippen LogP contribution < -0.4 is 5.32 Å². The van der Waals surface area contributed by atoms with E-state index in [0.717, 1.165) is 31.4 Å². The molecule has 0 saturated heterocycles. The fourth-order valence-corrected chi connectivity index (χ4v) is 5.47. The number of anilines is 1. The molecule has 1 amide bonds. The van der Waals surface area contributed by atoms with E-state index >= 15 is 0 Å². The van der Waals surface area contributed by atoms with Gasteiger partial charge in [-0.15, -0.1) is 0 Å². The van der Waals surface area contributed by atoms with E-state index in [4.69, 9.17) is 13.6 Å². The third-order valence-electron chi connectivity index (χ3n) is 6.24. The molecule has 2 rings (SSSR count). The van der Waals surface area contributed by atoms with Gasteiger partial charge in [-0.3, -0.25) is 18.4 Å². The van der Waals surface area contributed by atoms with Gasteiger partial charge in [0.2, 0.25) is 0 Å². The van der Waals surface area contributed by atoms with Gasteiger partial charge in [0.1, 0.15) is 6.17 Å². The molecule has 0 saturated carbocycles. The molecule has 0 aliphatic carbocycles. The summed E-state index contributed by atoms with van der Waals surface area (Å²) in [6, 6.07) is 7.64. The van der Waals surface area contributed by atoms with Crippen LogP contribution in [0.4, 0.5) is 5.69 Å². The lowest BCUT2D eigenvalue weighted by Gasteiger charge is -2.37. The Morgan fingerprint density at radius 3 is 2.29 bits per heavy atom. The predicted molar refractivity (Wildman–Crippen MR) is 156 cm³/mol. The molecule has 212 valence electrons. The first-order valence-electron chi connectivity index (χ1n) is 13.9. The van der Waals surface area contributed by atoms with Crippen molar-refractivity contribution in [3.63, 3.8) is 0 Å². The standard InChI is InChI=1S/C30H47N2O5P/c1-7-35-38(34,36-8-2)37-22-12-11-21-32-29(31-28-20-10-9-19-27(28)30(32)33)23-26(6)18-14-17-25(5)16-13-15-24(3)4/h9-10,15,17,19-20,23,29,31H,7-8,11-14,16,18,21-22H2,1-6H3/b25-17+,26-23+. The molecule has 0 spiro atoms. The molecule has 1 aromatic carbocycles. The second-order valence-corrected chi connectivity index (χ2v) is 11.5. The summed E-state index contributed by atoms with van der Waals surface area (Å²) in [6.07, 6.45) is 12.0. The highest BCUT2D eigenvalue weighted by Crippen LogP contribution is 2.49. The van der Waals surface area contributed by atoms with Crippen LogP contribution in [0, 0.1) is 0 Å². The first-order valence-corrected chi connectivity index (χ1v) is 15.3. The number of nitrogens with one attached hydrogen (secondary N) is 1. The van der Waals surface area contributed by atoms with Gasteiger partial charge in [-0.05, 0) is 98.3 Å². The zero-order valence-electron chi connectivity index (χ0n) is 24.1. The number of fused-ring (bicyclic) bond motifs is 1. The number of nitrogens with zero attached hydrogens (tertiary/aromatic N) is 1. The molecule has 1 atom stereocenters. The summed E-state index contributed by atoms with van der Waals surface area (Å²) in [5.74, 6) is 0.0126. The number of hydrogen-bond acceptors (Lipinski definition) is 6. The van der Waals surface area contributed by atoms with Crippen LogP contribution in [-0.4, -0.2) is 43.3 Å². The van der Waals surface area contributed by atoms with Gasteiger partial charge in [-0.2, -0.15) is 0 Å². The number of allylic oxidation sites excluding steroid dienone is 5. The number of carbonyl (C=O) groups is 1. The monoisotopic (exact) mass is 546 g/mol. The molecule has 38 heavy (non-hydrogen) atoms. The zero-order valence-corrected chi connectivity index (χ0v) is 25.0. The first-order chi connectivity index (χ1) is 18.2. The van der Waals surface area contributed by atoms with Gasteiger partial charge in [0.25, 0.3) is 5.91 Å². The molecular formula is C30H47N2O5P. The Bertz CT molecular complexity index is 1020. The van der Waals surface area contributed by atoms with Crippen molar-refractivity contribution in [2.75, 3.05) is 31.7 Å². The smallest absolute Gasteiger partial charge is 0.361 e. The van der Waals surface area contributed by atoms with Crippen molar-refractivity contribution in [3.8, 4) is 0 Å². The Morgan fingerprint density at radius 2 is 1.61 bits per heavy atom. The van der Waals surface area contributed by atoms with E-state index in [1.807, 2.05) is 29.2 Å². The van der Waals surface area contributed by atoms with Gasteiger partial charge in [0, 0.05) is 12.2 Å². The largest absolute Gasteiger partial charge is 0.474 e. The van der Waals surface area contributed by atoms with Gasteiger partial charge in [0.15, 0.2) is 0 Å². The molecule has 7 nitrogen and oxygen atoms in total. The lowest BCUT2D eigenvalue weighted by molar-refractivity contribution is 0.0705. The van der Waals surface area contributed by atoms with Crippen LogP contribution in [0.2, 0.25) is 0 Å². The predicted octanol–water partition coefficient (Wildman–Crippen LogP) is 8.28. The summed E-state index contributed by atoms with van der Waals surface area (Å²) < 4.78 is 28.3. The van der Waals surface area contributed by atoms with Gasteiger partial charge in [0.05, 0.1) is 25.4 Å². The molecule has 1 aromatic rings. The van der Waals surface area contributed by atoms with E-state index in [1.165, 1.54) is 16.7 Å². The number of amides is 1. The van der Waals surface area contributed by atoms with Crippen molar-refractivity contribution < 1.29 is 22.9 Å². The number of carbonyl (C=O) groups excluding carboxylic acids is 1. The van der Waals surface area contributed by atoms with Crippen molar-refractivity contribution in [2.24, 2.45) is 0 Å². The quantitative estimate of drug-likeness (QED) is 0.120. The van der Waals surface area contributed by atoms with Crippen molar-refractivity contribution in [2.45, 2.75) is 86.2 Å². The minimum Gasteiger partial charge on any atom is -0.361 e. The number of benzene rings is 1. The number of phosphoric acid groups is 1. The van der Waals surface area contributed by atoms with Crippen molar-refractivity contribution >= 4 is 19.4 Å². The molecule has 1 unspecified atom stereocenters. The summed E-state index contributed by atoms with van der Waals surface area (Å²) in [5.41, 5.74) is 5.55. The van der Waals surface area contributed by atoms with Gasteiger partial charge in [-0.1, -0.05) is 41.0 Å². The van der Waals surface area contributed by atoms with Crippen LogP contribution in [0.1, 0.15) is 90.4 Å². The minimum atomic E-state index is -3.52. The molecule has 1 N–H and O–H groups in total. The van der Waals surface area contributed by atoms with E-state index in [1.54, 1.807) is 13.8 Å². The SMILES string of the molecule is CCOP(=O)(OCC)OCCCCN1C(=O)c2ccccc2NC1/C=C(\C)CC/C=C(\C)CCC=C(C)C. The van der Waals surface area contributed by atoms with Crippen LogP contribution in [-0.2, 0) is 18.1 Å². The normalized spacial score (nSPS) is 16.3. The van der Waals surface area contributed by atoms with Gasteiger partial charge < -0.3 is 10.2 Å². The number of para-hydroxylation sites is 1. The fraction of sp³-hybridized carbons (Fsp3) is 0.567. The summed E-state index contributed by atoms with van der Waals surface area (Å²) in [4.78, 5) is 15.3. The lowest BCUT2D eigenvalue weighted by Crippen LogP contribution is -2.48. The first kappa shape index (κ1) is 32.0. The highest BCUT2D eigenvalue weighted by atomic mass is 31.2. The highest BCUT2D eigenvalue weighted by molar-refractivity contribution is 7.48. The van der Waals surface area contributed by atoms with E-state index in [9.17, 15) is 9.36 Å². The van der Waals surface area contributed by atoms with Crippen molar-refractivity contribution in [1.29, 1.82) is 0 Å². The maximum absolute atomic E-state index is 13.4. The molecular weight excluding hydrogens is 499 g/mol. The van der Waals surface area contributed by atoms with Crippen molar-refractivity contribution in [3.05, 3.63) is 64.8 Å². The zero-order chi connectivity index (χ0) is 28.0. The minimum absolute atomic E-state index is 0.0126. The number of hydrogen-bond donors (Lipinski definition) is 1. The summed E-state index contributed by atoms with van der Waals surface area (Å²) in [5, 5.41) is 3.54. The molecule has 1 aliphatic heterocycles. The number of unbranched alkanes of at least 4 members (excludes halogenated alkanes) is 1. The Balaban J connectivity index is 1.99. The molecule has 0 aromatic heterocycles. The third kappa shape index (κ3) is 10.9. The molecule has 1 heterocycles. The fourth-order valence-electron chi connectivity index (χ4n) is 4.26. The van der Waals surface area contributed by atoms with E-state index < -0.39 is 7.82 Å². The summed E-state index contributed by atoms with van der Waals surface area (Å²) >= 11 is 0. The van der Waals surface area contributed by atoms with Crippen LogP contribution in [0.5, 0.6) is 0 Å². The van der Waals surface area contributed by atoms with Crippen LogP contribution >= 0.6 is 7.82 Å². The number of phosphoric ester groups is 1. The Hall–Kier alpha value is -2.18. The molecule has 0 radical (unpaired) electrons. The van der Waals surface area contributed by atoms with E-state index in [0.29, 0.717) is 24.9 Å². The second-order valence-electron chi connectivity index (χ2n) is 9.88. The van der Waals surface area contributed by atoms with Gasteiger partial charge in [-0.25, -0.2) is 4.57 Å². The summed E-state index contributed by atoms with van der Waals surface area (Å²) in [6.45, 7) is 13.4. The molecule has 0 bridgehead atoms. The lowest BCUT2D eigenvalue weighted by atomic mass is 10.0. The van der Waals surface area contributed by atoms with Crippen LogP contribution in [0.15, 0.2) is 59.2 Å².